The number of ether oxygens (including phenoxy) is 2. The van der Waals surface area contributed by atoms with E-state index in [1.165, 1.54) is 103 Å². The van der Waals surface area contributed by atoms with Crippen molar-refractivity contribution in [2.45, 2.75) is 155 Å². The SMILES string of the molecule is CCCCCCCCCCCCOC(=O)CCSCCC(=O)OCCCCCCCCCCCC.OP(O)O. The molecule has 0 aliphatic carbocycles. The van der Waals surface area contributed by atoms with E-state index in [0.29, 0.717) is 37.6 Å². The lowest BCUT2D eigenvalue weighted by atomic mass is 10.1. The highest BCUT2D eigenvalue weighted by atomic mass is 32.2. The van der Waals surface area contributed by atoms with Gasteiger partial charge in [-0.15, -0.1) is 0 Å². The van der Waals surface area contributed by atoms with Gasteiger partial charge in [-0.2, -0.15) is 11.8 Å². The predicted octanol–water partition coefficient (Wildman–Crippen LogP) is 8.62. The molecule has 7 nitrogen and oxygen atoms in total. The minimum Gasteiger partial charge on any atom is -0.466 e. The Hall–Kier alpha value is -0.400. The molecule has 39 heavy (non-hydrogen) atoms. The van der Waals surface area contributed by atoms with Crippen LogP contribution in [0.5, 0.6) is 0 Å². The second-order valence-electron chi connectivity index (χ2n) is 10.2. The van der Waals surface area contributed by atoms with E-state index >= 15 is 0 Å². The lowest BCUT2D eigenvalue weighted by Crippen LogP contribution is -2.09. The smallest absolute Gasteiger partial charge is 0.324 e. The summed E-state index contributed by atoms with van der Waals surface area (Å²) in [5, 5.41) is 0. The first-order valence-corrected chi connectivity index (χ1v) is 18.0. The van der Waals surface area contributed by atoms with Crippen LogP contribution in [0.25, 0.3) is 0 Å². The van der Waals surface area contributed by atoms with Crippen molar-refractivity contribution in [2.75, 3.05) is 24.7 Å². The molecule has 0 aromatic rings. The summed E-state index contributed by atoms with van der Waals surface area (Å²) < 4.78 is 10.6. The second-order valence-corrected chi connectivity index (χ2v) is 11.9. The van der Waals surface area contributed by atoms with Gasteiger partial charge >= 0.3 is 20.5 Å². The summed E-state index contributed by atoms with van der Waals surface area (Å²) in [6.45, 7) is 5.60. The van der Waals surface area contributed by atoms with E-state index in [2.05, 4.69) is 13.8 Å². The van der Waals surface area contributed by atoms with Crippen LogP contribution >= 0.6 is 20.4 Å². The average molecular weight is 597 g/mol. The molecule has 3 N–H and O–H groups in total. The predicted molar refractivity (Wildman–Crippen MR) is 166 cm³/mol. The molecule has 234 valence electrons. The van der Waals surface area contributed by atoms with Crippen LogP contribution in [-0.2, 0) is 19.1 Å². The Labute approximate surface area is 245 Å². The van der Waals surface area contributed by atoms with Gasteiger partial charge in [0.1, 0.15) is 0 Å². The molecule has 0 heterocycles. The second kappa shape index (κ2) is 35.6. The standard InChI is InChI=1S/C30H58O4S.H3O3P/c1-3-5-7-9-11-13-15-17-19-21-25-33-29(31)23-27-35-28-24-30(32)34-26-22-20-18-16-14-12-10-8-6-4-2;1-4(2)3/h3-28H2,1-2H3;1-3H. The zero-order valence-corrected chi connectivity index (χ0v) is 26.9. The van der Waals surface area contributed by atoms with Gasteiger partial charge in [0.2, 0.25) is 0 Å². The van der Waals surface area contributed by atoms with Gasteiger partial charge in [0.05, 0.1) is 26.1 Å². The molecule has 0 saturated heterocycles. The van der Waals surface area contributed by atoms with Crippen LogP contribution in [0.4, 0.5) is 0 Å². The molecule has 0 radical (unpaired) electrons. The van der Waals surface area contributed by atoms with E-state index < -0.39 is 8.60 Å². The lowest BCUT2D eigenvalue weighted by molar-refractivity contribution is -0.144. The van der Waals surface area contributed by atoms with Crippen molar-refractivity contribution >= 4 is 32.3 Å². The van der Waals surface area contributed by atoms with Crippen LogP contribution in [0.1, 0.15) is 155 Å². The van der Waals surface area contributed by atoms with Crippen molar-refractivity contribution in [3.8, 4) is 0 Å². The van der Waals surface area contributed by atoms with Crippen LogP contribution < -0.4 is 0 Å². The topological polar surface area (TPSA) is 113 Å². The molecule has 0 bridgehead atoms. The lowest BCUT2D eigenvalue weighted by Gasteiger charge is -2.06. The molecule has 9 heteroatoms. The molecule has 0 amide bonds. The molecule has 0 aliphatic rings. The maximum atomic E-state index is 11.8. The van der Waals surface area contributed by atoms with Gasteiger partial charge in [0, 0.05) is 11.5 Å². The van der Waals surface area contributed by atoms with Crippen molar-refractivity contribution in [1.29, 1.82) is 0 Å². The first kappa shape index (κ1) is 40.7. The van der Waals surface area contributed by atoms with Gasteiger partial charge < -0.3 is 24.2 Å². The van der Waals surface area contributed by atoms with E-state index in [0.717, 1.165) is 25.7 Å². The highest BCUT2D eigenvalue weighted by molar-refractivity contribution is 7.99. The molecular weight excluding hydrogens is 535 g/mol. The number of rotatable bonds is 28. The maximum Gasteiger partial charge on any atom is 0.324 e. The van der Waals surface area contributed by atoms with E-state index in [4.69, 9.17) is 24.2 Å². The summed E-state index contributed by atoms with van der Waals surface area (Å²) in [5.41, 5.74) is 0. The summed E-state index contributed by atoms with van der Waals surface area (Å²) in [5.74, 6) is 1.19. The Morgan fingerprint density at radius 1 is 0.513 bits per heavy atom. The fourth-order valence-electron chi connectivity index (χ4n) is 4.11. The molecule has 0 aromatic carbocycles. The van der Waals surface area contributed by atoms with Crippen molar-refractivity contribution in [3.05, 3.63) is 0 Å². The third-order valence-electron chi connectivity index (χ3n) is 6.42. The molecule has 0 atom stereocenters. The Morgan fingerprint density at radius 3 is 1.05 bits per heavy atom. The summed E-state index contributed by atoms with van der Waals surface area (Å²) >= 11 is 1.63. The Bertz CT molecular complexity index is 467. The minimum absolute atomic E-state index is 0.114. The number of carbonyl (C=O) groups excluding carboxylic acids is 2. The Balaban J connectivity index is 0. The largest absolute Gasteiger partial charge is 0.466 e. The number of unbranched alkanes of at least 4 members (excludes halogenated alkanes) is 18. The van der Waals surface area contributed by atoms with Gasteiger partial charge in [-0.3, -0.25) is 9.59 Å². The van der Waals surface area contributed by atoms with Crippen molar-refractivity contribution < 1.29 is 33.7 Å². The quantitative estimate of drug-likeness (QED) is 0.0467. The first-order chi connectivity index (χ1) is 18.9. The van der Waals surface area contributed by atoms with E-state index in [-0.39, 0.29) is 11.9 Å². The molecular formula is C30H61O7PS. The summed E-state index contributed by atoms with van der Waals surface area (Å²) in [7, 11) is -2.62. The molecule has 0 aromatic heterocycles. The number of hydrogen-bond donors (Lipinski definition) is 3. The number of thioether (sulfide) groups is 1. The summed E-state index contributed by atoms with van der Waals surface area (Å²) in [4.78, 5) is 45.3. The Kier molecular flexibility index (Phi) is 37.2. The van der Waals surface area contributed by atoms with Gasteiger partial charge in [-0.1, -0.05) is 129 Å². The van der Waals surface area contributed by atoms with E-state index in [9.17, 15) is 9.59 Å². The zero-order valence-electron chi connectivity index (χ0n) is 25.2. The van der Waals surface area contributed by atoms with Crippen molar-refractivity contribution in [2.24, 2.45) is 0 Å². The van der Waals surface area contributed by atoms with Crippen LogP contribution in [0.15, 0.2) is 0 Å². The minimum atomic E-state index is -2.62. The van der Waals surface area contributed by atoms with Crippen molar-refractivity contribution in [3.63, 3.8) is 0 Å². The van der Waals surface area contributed by atoms with E-state index in [1.807, 2.05) is 0 Å². The number of hydrogen-bond acceptors (Lipinski definition) is 8. The normalized spacial score (nSPS) is 10.8. The van der Waals surface area contributed by atoms with Crippen LogP contribution in [-0.4, -0.2) is 51.3 Å². The molecule has 0 fully saturated rings. The van der Waals surface area contributed by atoms with Crippen LogP contribution in [0.2, 0.25) is 0 Å². The molecule has 0 saturated carbocycles. The third kappa shape index (κ3) is 42.2. The van der Waals surface area contributed by atoms with Gasteiger partial charge in [0.25, 0.3) is 0 Å². The maximum absolute atomic E-state index is 11.8. The fraction of sp³-hybridized carbons (Fsp3) is 0.933. The first-order valence-electron chi connectivity index (χ1n) is 15.7. The monoisotopic (exact) mass is 596 g/mol. The van der Waals surface area contributed by atoms with E-state index in [1.54, 1.807) is 11.8 Å². The Morgan fingerprint density at radius 2 is 0.769 bits per heavy atom. The molecule has 0 aliphatic heterocycles. The summed E-state index contributed by atoms with van der Waals surface area (Å²) in [6.07, 6.45) is 26.5. The number of carbonyl (C=O) groups is 2. The van der Waals surface area contributed by atoms with Crippen LogP contribution in [0, 0.1) is 0 Å². The highest BCUT2D eigenvalue weighted by Gasteiger charge is 2.06. The molecule has 0 rings (SSSR count). The van der Waals surface area contributed by atoms with Gasteiger partial charge in [-0.05, 0) is 12.8 Å². The van der Waals surface area contributed by atoms with Crippen molar-refractivity contribution in [1.82, 2.24) is 0 Å². The van der Waals surface area contributed by atoms with Gasteiger partial charge in [0.15, 0.2) is 0 Å². The number of esters is 2. The third-order valence-corrected chi connectivity index (χ3v) is 7.41. The highest BCUT2D eigenvalue weighted by Crippen LogP contribution is 2.13. The van der Waals surface area contributed by atoms with Gasteiger partial charge in [-0.25, -0.2) is 0 Å². The fourth-order valence-corrected chi connectivity index (χ4v) is 4.93. The molecule has 0 spiro atoms. The average Bonchev–Trinajstić information content (AvgIpc) is 2.90. The van der Waals surface area contributed by atoms with Crippen LogP contribution in [0.3, 0.4) is 0 Å². The summed E-state index contributed by atoms with van der Waals surface area (Å²) in [6, 6.07) is 0. The zero-order chi connectivity index (χ0) is 29.2. The molecule has 0 unspecified atom stereocenters.